The van der Waals surface area contributed by atoms with Crippen molar-refractivity contribution in [1.29, 1.82) is 0 Å². The summed E-state index contributed by atoms with van der Waals surface area (Å²) in [5.74, 6) is -2.95. The molecule has 1 rings (SSSR count). The lowest BCUT2D eigenvalue weighted by atomic mass is 9.97. The van der Waals surface area contributed by atoms with Crippen LogP contribution in [0.2, 0.25) is 0 Å². The molecule has 0 fully saturated rings. The fourth-order valence-corrected chi connectivity index (χ4v) is 1.41. The van der Waals surface area contributed by atoms with Crippen LogP contribution in [0.3, 0.4) is 0 Å². The summed E-state index contributed by atoms with van der Waals surface area (Å²) >= 11 is 4.06. The Morgan fingerprint density at radius 1 is 1.36 bits per heavy atom. The van der Waals surface area contributed by atoms with E-state index in [4.69, 9.17) is 0 Å². The maximum atomic E-state index is 13.6. The first-order chi connectivity index (χ1) is 6.48. The van der Waals surface area contributed by atoms with Crippen molar-refractivity contribution in [1.82, 2.24) is 0 Å². The zero-order chi connectivity index (χ0) is 10.8. The maximum Gasteiger partial charge on any atom is 0.275 e. The van der Waals surface area contributed by atoms with Crippen LogP contribution < -0.4 is 0 Å². The van der Waals surface area contributed by atoms with Gasteiger partial charge in [0.2, 0.25) is 0 Å². The molecule has 0 atom stereocenters. The predicted molar refractivity (Wildman–Crippen MR) is 57.9 cm³/mol. The number of benzene rings is 1. The number of hydrogen-bond acceptors (Lipinski definition) is 1. The first kappa shape index (κ1) is 11.5. The van der Waals surface area contributed by atoms with Crippen molar-refractivity contribution >= 4 is 12.6 Å². The van der Waals surface area contributed by atoms with Gasteiger partial charge in [0.15, 0.2) is 0 Å². The van der Waals surface area contributed by atoms with Gasteiger partial charge in [-0.3, -0.25) is 0 Å². The van der Waals surface area contributed by atoms with Gasteiger partial charge in [0, 0.05) is 17.2 Å². The van der Waals surface area contributed by atoms with E-state index in [1.165, 1.54) is 26.0 Å². The van der Waals surface area contributed by atoms with Gasteiger partial charge in [-0.1, -0.05) is 32.0 Å². The Morgan fingerprint density at radius 2 is 2.00 bits per heavy atom. The molecule has 78 valence electrons. The zero-order valence-electron chi connectivity index (χ0n) is 8.30. The third kappa shape index (κ3) is 2.27. The summed E-state index contributed by atoms with van der Waals surface area (Å²) in [5.41, 5.74) is 0.908. The van der Waals surface area contributed by atoms with Crippen LogP contribution in [0.25, 0.3) is 0 Å². The highest BCUT2D eigenvalue weighted by molar-refractivity contribution is 7.79. The standard InChI is InChI=1S/C11H14F2S/c1-8(2)11(12,13)10-5-3-4-9(6-10)7-14/h3-6,8,14H,7H2,1-2H3. The molecule has 0 spiro atoms. The molecular formula is C11H14F2S. The van der Waals surface area contributed by atoms with Crippen molar-refractivity contribution in [3.63, 3.8) is 0 Å². The number of alkyl halides is 2. The average Bonchev–Trinajstić information content (AvgIpc) is 2.17. The number of rotatable bonds is 3. The predicted octanol–water partition coefficient (Wildman–Crippen LogP) is 3.86. The SMILES string of the molecule is CC(C)C(F)(F)c1cccc(CS)c1. The molecule has 0 bridgehead atoms. The Morgan fingerprint density at radius 3 is 2.50 bits per heavy atom. The minimum absolute atomic E-state index is 0.0825. The van der Waals surface area contributed by atoms with Gasteiger partial charge in [-0.2, -0.15) is 12.6 Å². The Balaban J connectivity index is 3.06. The van der Waals surface area contributed by atoms with Crippen molar-refractivity contribution in [2.24, 2.45) is 5.92 Å². The van der Waals surface area contributed by atoms with Crippen molar-refractivity contribution in [3.05, 3.63) is 35.4 Å². The van der Waals surface area contributed by atoms with E-state index in [1.54, 1.807) is 12.1 Å². The molecule has 0 aromatic heterocycles. The van der Waals surface area contributed by atoms with Crippen LogP contribution >= 0.6 is 12.6 Å². The number of halogens is 2. The third-order valence-corrected chi connectivity index (χ3v) is 2.58. The van der Waals surface area contributed by atoms with Crippen LogP contribution in [-0.2, 0) is 11.7 Å². The Kier molecular flexibility index (Phi) is 3.53. The van der Waals surface area contributed by atoms with Crippen LogP contribution in [0.15, 0.2) is 24.3 Å². The van der Waals surface area contributed by atoms with Crippen LogP contribution in [0.4, 0.5) is 8.78 Å². The van der Waals surface area contributed by atoms with E-state index in [-0.39, 0.29) is 5.56 Å². The van der Waals surface area contributed by atoms with Gasteiger partial charge in [0.1, 0.15) is 0 Å². The molecule has 0 aliphatic rings. The summed E-state index contributed by atoms with van der Waals surface area (Å²) in [6, 6.07) is 6.43. The summed E-state index contributed by atoms with van der Waals surface area (Å²) < 4.78 is 27.1. The van der Waals surface area contributed by atoms with Crippen molar-refractivity contribution in [3.8, 4) is 0 Å². The molecule has 1 aromatic rings. The highest BCUT2D eigenvalue weighted by Gasteiger charge is 2.35. The van der Waals surface area contributed by atoms with Gasteiger partial charge in [0.25, 0.3) is 5.92 Å². The molecule has 0 aliphatic heterocycles. The minimum atomic E-state index is -2.75. The summed E-state index contributed by atoms with van der Waals surface area (Å²) in [6.07, 6.45) is 0. The molecule has 0 saturated heterocycles. The Hall–Kier alpha value is -0.570. The number of hydrogen-bond donors (Lipinski definition) is 1. The fourth-order valence-electron chi connectivity index (χ4n) is 1.21. The molecule has 0 aliphatic carbocycles. The molecule has 0 unspecified atom stereocenters. The fraction of sp³-hybridized carbons (Fsp3) is 0.455. The zero-order valence-corrected chi connectivity index (χ0v) is 9.19. The topological polar surface area (TPSA) is 0 Å². The highest BCUT2D eigenvalue weighted by atomic mass is 32.1. The smallest absolute Gasteiger partial charge is 0.201 e. The maximum absolute atomic E-state index is 13.6. The number of thiol groups is 1. The van der Waals surface area contributed by atoms with E-state index in [0.717, 1.165) is 5.56 Å². The van der Waals surface area contributed by atoms with Crippen LogP contribution in [0.5, 0.6) is 0 Å². The monoisotopic (exact) mass is 216 g/mol. The lowest BCUT2D eigenvalue weighted by molar-refractivity contribution is -0.0514. The van der Waals surface area contributed by atoms with Gasteiger partial charge in [-0.05, 0) is 11.6 Å². The molecule has 0 radical (unpaired) electrons. The van der Waals surface area contributed by atoms with E-state index < -0.39 is 11.8 Å². The van der Waals surface area contributed by atoms with E-state index in [0.29, 0.717) is 5.75 Å². The Bertz CT molecular complexity index is 308. The van der Waals surface area contributed by atoms with Gasteiger partial charge >= 0.3 is 0 Å². The van der Waals surface area contributed by atoms with Crippen molar-refractivity contribution < 1.29 is 8.78 Å². The molecule has 0 amide bonds. The normalized spacial score (nSPS) is 12.1. The molecule has 0 N–H and O–H groups in total. The van der Waals surface area contributed by atoms with Crippen molar-refractivity contribution in [2.45, 2.75) is 25.5 Å². The molecule has 0 heterocycles. The summed E-state index contributed by atoms with van der Waals surface area (Å²) in [7, 11) is 0. The summed E-state index contributed by atoms with van der Waals surface area (Å²) in [5, 5.41) is 0. The lowest BCUT2D eigenvalue weighted by Crippen LogP contribution is -2.20. The van der Waals surface area contributed by atoms with E-state index in [9.17, 15) is 8.78 Å². The van der Waals surface area contributed by atoms with Crippen LogP contribution in [0.1, 0.15) is 25.0 Å². The minimum Gasteiger partial charge on any atom is -0.201 e. The molecule has 1 aromatic carbocycles. The van der Waals surface area contributed by atoms with E-state index >= 15 is 0 Å². The summed E-state index contributed by atoms with van der Waals surface area (Å²) in [6.45, 7) is 3.04. The molecule has 14 heavy (non-hydrogen) atoms. The second-order valence-electron chi connectivity index (χ2n) is 3.64. The van der Waals surface area contributed by atoms with Crippen molar-refractivity contribution in [2.75, 3.05) is 0 Å². The van der Waals surface area contributed by atoms with Crippen LogP contribution in [-0.4, -0.2) is 0 Å². The summed E-state index contributed by atoms with van der Waals surface area (Å²) in [4.78, 5) is 0. The van der Waals surface area contributed by atoms with Gasteiger partial charge < -0.3 is 0 Å². The molecular weight excluding hydrogens is 202 g/mol. The first-order valence-corrected chi connectivity index (χ1v) is 5.19. The molecule has 0 saturated carbocycles. The quantitative estimate of drug-likeness (QED) is 0.729. The molecule has 3 heteroatoms. The highest BCUT2D eigenvalue weighted by Crippen LogP contribution is 2.35. The van der Waals surface area contributed by atoms with E-state index in [1.807, 2.05) is 0 Å². The largest absolute Gasteiger partial charge is 0.275 e. The average molecular weight is 216 g/mol. The Labute approximate surface area is 88.7 Å². The van der Waals surface area contributed by atoms with Gasteiger partial charge in [-0.15, -0.1) is 0 Å². The second-order valence-corrected chi connectivity index (χ2v) is 3.95. The van der Waals surface area contributed by atoms with Gasteiger partial charge in [-0.25, -0.2) is 8.78 Å². The van der Waals surface area contributed by atoms with Gasteiger partial charge in [0.05, 0.1) is 0 Å². The third-order valence-electron chi connectivity index (χ3n) is 2.22. The second kappa shape index (κ2) is 4.30. The van der Waals surface area contributed by atoms with Crippen LogP contribution in [0, 0.1) is 5.92 Å². The van der Waals surface area contributed by atoms with E-state index in [2.05, 4.69) is 12.6 Å². The lowest BCUT2D eigenvalue weighted by Gasteiger charge is -2.21. The first-order valence-electron chi connectivity index (χ1n) is 4.56. The molecule has 0 nitrogen and oxygen atoms in total.